The Balaban J connectivity index is 2.19. The van der Waals surface area contributed by atoms with Crippen LogP contribution in [-0.2, 0) is 11.2 Å². The first-order chi connectivity index (χ1) is 11.2. The molecule has 24 heavy (non-hydrogen) atoms. The summed E-state index contributed by atoms with van der Waals surface area (Å²) in [4.78, 5) is 12.1. The minimum Gasteiger partial charge on any atom is -0.497 e. The third kappa shape index (κ3) is 5.39. The number of nitrogens with one attached hydrogen (secondary N) is 2. The maximum atomic E-state index is 12.1. The van der Waals surface area contributed by atoms with Crippen LogP contribution in [-0.4, -0.2) is 42.6 Å². The van der Waals surface area contributed by atoms with Crippen molar-refractivity contribution in [2.24, 2.45) is 0 Å². The molecule has 0 bridgehead atoms. The van der Waals surface area contributed by atoms with Crippen molar-refractivity contribution in [1.29, 1.82) is 0 Å². The Morgan fingerprint density at radius 2 is 2.00 bits per heavy atom. The van der Waals surface area contributed by atoms with E-state index in [1.165, 1.54) is 0 Å². The van der Waals surface area contributed by atoms with Crippen LogP contribution in [0.4, 0.5) is 10.5 Å². The summed E-state index contributed by atoms with van der Waals surface area (Å²) >= 11 is 0. The van der Waals surface area contributed by atoms with Gasteiger partial charge in [-0.05, 0) is 58.3 Å². The number of hydrogen-bond donors (Lipinski definition) is 3. The van der Waals surface area contributed by atoms with Crippen LogP contribution in [0.2, 0.25) is 0 Å². The molecule has 1 aromatic carbocycles. The molecule has 6 nitrogen and oxygen atoms in total. The van der Waals surface area contributed by atoms with E-state index in [-0.39, 0.29) is 0 Å². The van der Waals surface area contributed by atoms with E-state index in [1.807, 2.05) is 32.9 Å². The number of carbonyl (C=O) groups excluding carboxylic acids is 1. The predicted octanol–water partition coefficient (Wildman–Crippen LogP) is 2.70. The molecule has 0 aromatic heterocycles. The second kappa shape index (κ2) is 7.40. The molecule has 1 saturated heterocycles. The molecule has 1 aliphatic rings. The van der Waals surface area contributed by atoms with Crippen LogP contribution in [0, 0.1) is 0 Å². The van der Waals surface area contributed by atoms with E-state index in [0.717, 1.165) is 18.7 Å². The van der Waals surface area contributed by atoms with Crippen molar-refractivity contribution < 1.29 is 19.4 Å². The van der Waals surface area contributed by atoms with Gasteiger partial charge in [0.2, 0.25) is 0 Å². The Bertz CT molecular complexity index is 575. The number of benzene rings is 1. The fraction of sp³-hybridized carbons (Fsp3) is 0.611. The van der Waals surface area contributed by atoms with Crippen LogP contribution >= 0.6 is 0 Å². The van der Waals surface area contributed by atoms with Gasteiger partial charge in [0.15, 0.2) is 0 Å². The van der Waals surface area contributed by atoms with Gasteiger partial charge in [0.25, 0.3) is 0 Å². The summed E-state index contributed by atoms with van der Waals surface area (Å²) in [5, 5.41) is 16.8. The van der Waals surface area contributed by atoms with Crippen LogP contribution in [0.3, 0.4) is 0 Å². The van der Waals surface area contributed by atoms with Gasteiger partial charge in [-0.25, -0.2) is 4.79 Å². The second-order valence-electron chi connectivity index (χ2n) is 7.30. The summed E-state index contributed by atoms with van der Waals surface area (Å²) in [6.07, 6.45) is 1.33. The lowest BCUT2D eigenvalue weighted by Crippen LogP contribution is -2.43. The van der Waals surface area contributed by atoms with E-state index < -0.39 is 17.3 Å². The average molecular weight is 336 g/mol. The van der Waals surface area contributed by atoms with Gasteiger partial charge in [0.05, 0.1) is 18.4 Å². The number of aliphatic hydroxyl groups is 1. The van der Waals surface area contributed by atoms with Crippen molar-refractivity contribution >= 4 is 11.8 Å². The number of methoxy groups -OCH3 is 1. The molecule has 0 atom stereocenters. The predicted molar refractivity (Wildman–Crippen MR) is 93.6 cm³/mol. The molecule has 0 unspecified atom stereocenters. The van der Waals surface area contributed by atoms with E-state index in [2.05, 4.69) is 10.6 Å². The van der Waals surface area contributed by atoms with E-state index >= 15 is 0 Å². The third-order valence-electron chi connectivity index (χ3n) is 4.01. The number of amides is 1. The summed E-state index contributed by atoms with van der Waals surface area (Å²) in [6, 6.07) is 5.47. The van der Waals surface area contributed by atoms with E-state index in [9.17, 15) is 9.90 Å². The molecule has 0 radical (unpaired) electrons. The van der Waals surface area contributed by atoms with Gasteiger partial charge < -0.3 is 19.9 Å². The monoisotopic (exact) mass is 336 g/mol. The largest absolute Gasteiger partial charge is 0.497 e. The maximum absolute atomic E-state index is 12.1. The lowest BCUT2D eigenvalue weighted by atomic mass is 9.85. The Kier molecular flexibility index (Phi) is 5.72. The van der Waals surface area contributed by atoms with E-state index in [0.29, 0.717) is 30.7 Å². The van der Waals surface area contributed by atoms with Crippen molar-refractivity contribution in [2.75, 3.05) is 25.5 Å². The number of carbonyl (C=O) groups is 1. The highest BCUT2D eigenvalue weighted by atomic mass is 16.6. The van der Waals surface area contributed by atoms with Gasteiger partial charge in [-0.2, -0.15) is 0 Å². The summed E-state index contributed by atoms with van der Waals surface area (Å²) in [7, 11) is 1.58. The van der Waals surface area contributed by atoms with Crippen molar-refractivity contribution in [3.05, 3.63) is 23.8 Å². The number of anilines is 1. The molecule has 1 heterocycles. The molecule has 1 aromatic rings. The SMILES string of the molecule is COc1ccc(CC2(O)CCNCC2)c(NC(=O)OC(C)(C)C)c1. The molecule has 0 saturated carbocycles. The molecule has 0 spiro atoms. The van der Waals surface area contributed by atoms with Crippen molar-refractivity contribution in [3.63, 3.8) is 0 Å². The highest BCUT2D eigenvalue weighted by molar-refractivity contribution is 5.86. The quantitative estimate of drug-likeness (QED) is 0.788. The second-order valence-corrected chi connectivity index (χ2v) is 7.30. The van der Waals surface area contributed by atoms with Gasteiger partial charge in [0.1, 0.15) is 11.4 Å². The molecule has 1 aliphatic heterocycles. The first-order valence-corrected chi connectivity index (χ1v) is 8.31. The number of piperidine rings is 1. The van der Waals surface area contributed by atoms with Gasteiger partial charge in [-0.15, -0.1) is 0 Å². The molecular formula is C18H28N2O4. The zero-order valence-electron chi connectivity index (χ0n) is 14.9. The topological polar surface area (TPSA) is 79.8 Å². The zero-order chi connectivity index (χ0) is 17.8. The lowest BCUT2D eigenvalue weighted by Gasteiger charge is -2.33. The molecule has 134 valence electrons. The van der Waals surface area contributed by atoms with Gasteiger partial charge in [-0.1, -0.05) is 6.07 Å². The highest BCUT2D eigenvalue weighted by Gasteiger charge is 2.30. The average Bonchev–Trinajstić information content (AvgIpc) is 2.47. The van der Waals surface area contributed by atoms with Crippen molar-refractivity contribution in [3.8, 4) is 5.75 Å². The van der Waals surface area contributed by atoms with Gasteiger partial charge in [0, 0.05) is 12.5 Å². The molecule has 0 aliphatic carbocycles. The molecule has 6 heteroatoms. The minimum atomic E-state index is -0.760. The van der Waals surface area contributed by atoms with Crippen LogP contribution in [0.15, 0.2) is 18.2 Å². The third-order valence-corrected chi connectivity index (χ3v) is 4.01. The van der Waals surface area contributed by atoms with Crippen LogP contribution < -0.4 is 15.4 Å². The Hall–Kier alpha value is -1.79. The smallest absolute Gasteiger partial charge is 0.412 e. The fourth-order valence-corrected chi connectivity index (χ4v) is 2.79. The normalized spacial score (nSPS) is 17.2. The van der Waals surface area contributed by atoms with E-state index in [1.54, 1.807) is 13.2 Å². The Morgan fingerprint density at radius 3 is 2.58 bits per heavy atom. The Morgan fingerprint density at radius 1 is 1.33 bits per heavy atom. The van der Waals surface area contributed by atoms with Crippen LogP contribution in [0.5, 0.6) is 5.75 Å². The fourth-order valence-electron chi connectivity index (χ4n) is 2.79. The molecule has 3 N–H and O–H groups in total. The molecule has 1 amide bonds. The van der Waals surface area contributed by atoms with Gasteiger partial charge in [-0.3, -0.25) is 5.32 Å². The maximum Gasteiger partial charge on any atom is 0.412 e. The molecule has 2 rings (SSSR count). The summed E-state index contributed by atoms with van der Waals surface area (Å²) in [6.45, 7) is 7.04. The minimum absolute atomic E-state index is 0.476. The zero-order valence-corrected chi connectivity index (χ0v) is 14.9. The lowest BCUT2D eigenvalue weighted by molar-refractivity contribution is 0.0109. The van der Waals surface area contributed by atoms with Crippen LogP contribution in [0.1, 0.15) is 39.2 Å². The van der Waals surface area contributed by atoms with E-state index in [4.69, 9.17) is 9.47 Å². The summed E-state index contributed by atoms with van der Waals surface area (Å²) < 4.78 is 10.6. The van der Waals surface area contributed by atoms with Crippen molar-refractivity contribution in [1.82, 2.24) is 5.32 Å². The summed E-state index contributed by atoms with van der Waals surface area (Å²) in [5.41, 5.74) is 0.141. The van der Waals surface area contributed by atoms with Gasteiger partial charge >= 0.3 is 6.09 Å². The van der Waals surface area contributed by atoms with Crippen molar-refractivity contribution in [2.45, 2.75) is 51.2 Å². The number of hydrogen-bond acceptors (Lipinski definition) is 5. The first kappa shape index (κ1) is 18.5. The summed E-state index contributed by atoms with van der Waals surface area (Å²) in [5.74, 6) is 0.641. The van der Waals surface area contributed by atoms with Crippen LogP contribution in [0.25, 0.3) is 0 Å². The highest BCUT2D eigenvalue weighted by Crippen LogP contribution is 2.30. The standard InChI is InChI=1S/C18H28N2O4/c1-17(2,3)24-16(21)20-15-11-14(23-4)6-5-13(15)12-18(22)7-9-19-10-8-18/h5-6,11,19,22H,7-10,12H2,1-4H3,(H,20,21). The first-order valence-electron chi connectivity index (χ1n) is 8.31. The molecule has 1 fully saturated rings. The molecular weight excluding hydrogens is 308 g/mol. The Labute approximate surface area is 143 Å². The number of rotatable bonds is 4. The number of ether oxygens (including phenoxy) is 2.